The monoisotopic (exact) mass is 288 g/mol. The molecule has 0 aliphatic heterocycles. The Morgan fingerprint density at radius 3 is 2.67 bits per heavy atom. The topological polar surface area (TPSA) is 51.2 Å². The summed E-state index contributed by atoms with van der Waals surface area (Å²) in [6, 6.07) is 5.96. The summed E-state index contributed by atoms with van der Waals surface area (Å²) in [6.45, 7) is 1.55. The van der Waals surface area contributed by atoms with Crippen molar-refractivity contribution in [1.29, 1.82) is 0 Å². The predicted octanol–water partition coefficient (Wildman–Crippen LogP) is 3.07. The molecule has 2 radical (unpaired) electrons. The molecule has 2 rings (SSSR count). The van der Waals surface area contributed by atoms with E-state index in [1.807, 2.05) is 0 Å². The third-order valence-corrected chi connectivity index (χ3v) is 2.52. The highest BCUT2D eigenvalue weighted by molar-refractivity contribution is 6.25. The summed E-state index contributed by atoms with van der Waals surface area (Å²) in [6.07, 6.45) is 1.31. The van der Waals surface area contributed by atoms with E-state index in [1.165, 1.54) is 24.4 Å². The average molecular weight is 288 g/mol. The summed E-state index contributed by atoms with van der Waals surface area (Å²) in [5, 5.41) is 2.50. The normalized spacial score (nSPS) is 11.8. The van der Waals surface area contributed by atoms with E-state index in [1.54, 1.807) is 6.92 Å². The van der Waals surface area contributed by atoms with E-state index in [4.69, 9.17) is 12.6 Å². The van der Waals surface area contributed by atoms with Crippen LogP contribution in [0.4, 0.5) is 14.6 Å². The minimum Gasteiger partial charge on any atom is -0.453 e. The zero-order chi connectivity index (χ0) is 15.4. The van der Waals surface area contributed by atoms with Gasteiger partial charge in [0.15, 0.2) is 11.6 Å². The Morgan fingerprint density at radius 1 is 1.33 bits per heavy atom. The largest absolute Gasteiger partial charge is 0.453 e. The first kappa shape index (κ1) is 15.0. The van der Waals surface area contributed by atoms with Gasteiger partial charge in [-0.3, -0.25) is 4.79 Å². The SMILES string of the molecule is [B]C(C)C(=O)Nc1ccc(Oc2ccc(F)cc2F)cn1. The number of aromatic nitrogens is 1. The van der Waals surface area contributed by atoms with Gasteiger partial charge < -0.3 is 10.1 Å². The first-order valence-corrected chi connectivity index (χ1v) is 6.11. The van der Waals surface area contributed by atoms with Gasteiger partial charge in [0, 0.05) is 6.07 Å². The first-order valence-electron chi connectivity index (χ1n) is 6.11. The maximum Gasteiger partial charge on any atom is 0.219 e. The summed E-state index contributed by atoms with van der Waals surface area (Å²) < 4.78 is 31.4. The number of nitrogens with one attached hydrogen (secondary N) is 1. The Labute approximate surface area is 121 Å². The van der Waals surface area contributed by atoms with Crippen molar-refractivity contribution in [2.45, 2.75) is 12.7 Å². The highest BCUT2D eigenvalue weighted by Gasteiger charge is 2.09. The van der Waals surface area contributed by atoms with E-state index in [0.717, 1.165) is 12.1 Å². The number of hydrogen-bond acceptors (Lipinski definition) is 3. The molecule has 1 N–H and O–H groups in total. The van der Waals surface area contributed by atoms with Gasteiger partial charge in [0.2, 0.25) is 5.91 Å². The summed E-state index contributed by atoms with van der Waals surface area (Å²) >= 11 is 0. The second kappa shape index (κ2) is 6.34. The fourth-order valence-corrected chi connectivity index (χ4v) is 1.44. The van der Waals surface area contributed by atoms with Crippen molar-refractivity contribution < 1.29 is 18.3 Å². The van der Waals surface area contributed by atoms with E-state index < -0.39 is 17.5 Å². The number of benzene rings is 1. The average Bonchev–Trinajstić information content (AvgIpc) is 2.43. The van der Waals surface area contributed by atoms with Crippen molar-refractivity contribution in [1.82, 2.24) is 4.98 Å². The first-order chi connectivity index (χ1) is 9.95. The lowest BCUT2D eigenvalue weighted by Gasteiger charge is -2.09. The number of nitrogens with zero attached hydrogens (tertiary/aromatic N) is 1. The minimum absolute atomic E-state index is 0.120. The van der Waals surface area contributed by atoms with Crippen LogP contribution in [0.25, 0.3) is 0 Å². The van der Waals surface area contributed by atoms with Gasteiger partial charge in [0.1, 0.15) is 17.4 Å². The van der Waals surface area contributed by atoms with Crippen LogP contribution < -0.4 is 10.1 Å². The Kier molecular flexibility index (Phi) is 4.52. The molecule has 1 unspecified atom stereocenters. The van der Waals surface area contributed by atoms with Crippen molar-refractivity contribution in [3.63, 3.8) is 0 Å². The molecule has 1 aromatic carbocycles. The molecule has 1 atom stereocenters. The number of anilines is 1. The molecule has 0 saturated carbocycles. The van der Waals surface area contributed by atoms with Gasteiger partial charge >= 0.3 is 0 Å². The minimum atomic E-state index is -0.815. The third-order valence-electron chi connectivity index (χ3n) is 2.52. The fourth-order valence-electron chi connectivity index (χ4n) is 1.44. The Morgan fingerprint density at radius 2 is 2.10 bits per heavy atom. The number of carbonyl (C=O) groups is 1. The summed E-state index contributed by atoms with van der Waals surface area (Å²) in [7, 11) is 5.41. The van der Waals surface area contributed by atoms with Crippen LogP contribution in [0.1, 0.15) is 6.92 Å². The molecule has 21 heavy (non-hydrogen) atoms. The fraction of sp³-hybridized carbons (Fsp3) is 0.143. The summed E-state index contributed by atoms with van der Waals surface area (Å²) in [4.78, 5) is 15.3. The lowest BCUT2D eigenvalue weighted by molar-refractivity contribution is -0.115. The van der Waals surface area contributed by atoms with Crippen molar-refractivity contribution in [2.75, 3.05) is 5.32 Å². The van der Waals surface area contributed by atoms with Gasteiger partial charge in [-0.25, -0.2) is 13.8 Å². The molecule has 106 valence electrons. The lowest BCUT2D eigenvalue weighted by atomic mass is 9.89. The van der Waals surface area contributed by atoms with E-state index in [-0.39, 0.29) is 17.4 Å². The molecule has 0 aliphatic rings. The van der Waals surface area contributed by atoms with Gasteiger partial charge in [-0.2, -0.15) is 0 Å². The maximum absolute atomic E-state index is 13.4. The molecular weight excluding hydrogens is 277 g/mol. The van der Waals surface area contributed by atoms with E-state index in [9.17, 15) is 13.6 Å². The highest BCUT2D eigenvalue weighted by Crippen LogP contribution is 2.25. The molecule has 1 aromatic heterocycles. The van der Waals surface area contributed by atoms with Crippen LogP contribution in [0.5, 0.6) is 11.5 Å². The van der Waals surface area contributed by atoms with E-state index in [0.29, 0.717) is 5.82 Å². The number of hydrogen-bond donors (Lipinski definition) is 1. The van der Waals surface area contributed by atoms with Crippen LogP contribution in [-0.4, -0.2) is 18.7 Å². The van der Waals surface area contributed by atoms with Crippen LogP contribution in [0, 0.1) is 11.6 Å². The summed E-state index contributed by atoms with van der Waals surface area (Å²) in [5.41, 5.74) is 0. The van der Waals surface area contributed by atoms with Crippen LogP contribution in [-0.2, 0) is 4.79 Å². The maximum atomic E-state index is 13.4. The Hall–Kier alpha value is -2.44. The number of amides is 1. The number of pyridine rings is 1. The van der Waals surface area contributed by atoms with Crippen LogP contribution in [0.3, 0.4) is 0 Å². The number of ether oxygens (including phenoxy) is 1. The van der Waals surface area contributed by atoms with Crippen LogP contribution in [0.2, 0.25) is 5.82 Å². The van der Waals surface area contributed by atoms with Crippen molar-refractivity contribution in [3.05, 3.63) is 48.2 Å². The highest BCUT2D eigenvalue weighted by atomic mass is 19.1. The van der Waals surface area contributed by atoms with Crippen molar-refractivity contribution in [3.8, 4) is 11.5 Å². The lowest BCUT2D eigenvalue weighted by Crippen LogP contribution is -2.16. The van der Waals surface area contributed by atoms with Gasteiger partial charge in [0.05, 0.1) is 14.0 Å². The predicted molar refractivity (Wildman–Crippen MR) is 74.5 cm³/mol. The summed E-state index contributed by atoms with van der Waals surface area (Å²) in [5.74, 6) is -2.11. The van der Waals surface area contributed by atoms with E-state index >= 15 is 0 Å². The quantitative estimate of drug-likeness (QED) is 0.880. The smallest absolute Gasteiger partial charge is 0.219 e. The van der Waals surface area contributed by atoms with Gasteiger partial charge in [-0.05, 0) is 30.1 Å². The number of halogens is 2. The van der Waals surface area contributed by atoms with Crippen LogP contribution in [0.15, 0.2) is 36.5 Å². The number of carbonyl (C=O) groups excluding carboxylic acids is 1. The molecule has 0 spiro atoms. The Balaban J connectivity index is 2.07. The standard InChI is InChI=1S/C14H11BF2N2O2/c1-8(15)14(20)19-13-5-3-10(7-18-13)21-12-4-2-9(16)6-11(12)17/h2-8H,1H3,(H,18,19,20). The zero-order valence-electron chi connectivity index (χ0n) is 11.1. The van der Waals surface area contributed by atoms with Crippen molar-refractivity contribution >= 4 is 19.6 Å². The third kappa shape index (κ3) is 4.01. The van der Waals surface area contributed by atoms with Gasteiger partial charge in [-0.1, -0.05) is 6.92 Å². The molecule has 7 heteroatoms. The molecule has 0 bridgehead atoms. The van der Waals surface area contributed by atoms with Crippen molar-refractivity contribution in [2.24, 2.45) is 0 Å². The molecule has 0 fully saturated rings. The van der Waals surface area contributed by atoms with Gasteiger partial charge in [-0.15, -0.1) is 0 Å². The molecule has 0 saturated heterocycles. The molecule has 0 aliphatic carbocycles. The molecular formula is C14H11BF2N2O2. The molecule has 1 amide bonds. The number of rotatable bonds is 4. The second-order valence-corrected chi connectivity index (χ2v) is 4.33. The Bertz CT molecular complexity index is 648. The zero-order valence-corrected chi connectivity index (χ0v) is 11.1. The molecule has 4 nitrogen and oxygen atoms in total. The van der Waals surface area contributed by atoms with Crippen LogP contribution >= 0.6 is 0 Å². The van der Waals surface area contributed by atoms with Gasteiger partial charge in [0.25, 0.3) is 0 Å². The molecule has 2 aromatic rings. The second-order valence-electron chi connectivity index (χ2n) is 4.33. The van der Waals surface area contributed by atoms with E-state index in [2.05, 4.69) is 10.3 Å². The molecule has 1 heterocycles.